The van der Waals surface area contributed by atoms with Crippen LogP contribution in [0.1, 0.15) is 67.6 Å². The molecule has 8 heteroatoms. The van der Waals surface area contributed by atoms with Crippen molar-refractivity contribution in [2.45, 2.75) is 65.8 Å². The van der Waals surface area contributed by atoms with Crippen molar-refractivity contribution in [1.29, 1.82) is 0 Å². The summed E-state index contributed by atoms with van der Waals surface area (Å²) in [4.78, 5) is 46.2. The molecule has 1 N–H and O–H groups in total. The first-order chi connectivity index (χ1) is 15.8. The van der Waals surface area contributed by atoms with Crippen LogP contribution in [0.15, 0.2) is 22.8 Å². The molecule has 2 atom stereocenters. The van der Waals surface area contributed by atoms with Gasteiger partial charge in [-0.3, -0.25) is 19.0 Å². The lowest BCUT2D eigenvalue weighted by Gasteiger charge is -2.35. The molecular formula is C25H34N4O3S. The van der Waals surface area contributed by atoms with Crippen molar-refractivity contribution in [3.63, 3.8) is 0 Å². The number of nitrogens with one attached hydrogen (secondary N) is 1. The van der Waals surface area contributed by atoms with Crippen molar-refractivity contribution < 1.29 is 9.59 Å². The minimum Gasteiger partial charge on any atom is -0.351 e. The van der Waals surface area contributed by atoms with E-state index in [1.807, 2.05) is 4.90 Å². The van der Waals surface area contributed by atoms with E-state index < -0.39 is 0 Å². The SMILES string of the molecule is Cc1c(C(=O)NCCC2=CCCCC2)sc2ncn(CC(=O)N3CC(C)CC(C)C3)c(=O)c12. The van der Waals surface area contributed by atoms with Gasteiger partial charge in [0.05, 0.1) is 16.6 Å². The summed E-state index contributed by atoms with van der Waals surface area (Å²) in [7, 11) is 0. The van der Waals surface area contributed by atoms with Crippen molar-refractivity contribution in [1.82, 2.24) is 19.8 Å². The Labute approximate surface area is 198 Å². The lowest BCUT2D eigenvalue weighted by molar-refractivity contribution is -0.134. The number of aromatic nitrogens is 2. The third-order valence-electron chi connectivity index (χ3n) is 6.77. The van der Waals surface area contributed by atoms with E-state index in [9.17, 15) is 14.4 Å². The van der Waals surface area contributed by atoms with Gasteiger partial charge in [-0.25, -0.2) is 4.98 Å². The molecule has 4 rings (SSSR count). The molecule has 1 fully saturated rings. The van der Waals surface area contributed by atoms with E-state index in [1.54, 1.807) is 6.92 Å². The van der Waals surface area contributed by atoms with Gasteiger partial charge in [0.15, 0.2) is 0 Å². The second-order valence-corrected chi connectivity index (χ2v) is 10.8. The van der Waals surface area contributed by atoms with Gasteiger partial charge in [-0.2, -0.15) is 0 Å². The molecule has 2 aromatic rings. The lowest BCUT2D eigenvalue weighted by atomic mass is 9.92. The number of thiophene rings is 1. The number of hydrogen-bond acceptors (Lipinski definition) is 5. The predicted molar refractivity (Wildman–Crippen MR) is 132 cm³/mol. The molecule has 2 aromatic heterocycles. The summed E-state index contributed by atoms with van der Waals surface area (Å²) in [5, 5.41) is 3.44. The van der Waals surface area contributed by atoms with Gasteiger partial charge in [0.1, 0.15) is 11.4 Å². The fourth-order valence-corrected chi connectivity index (χ4v) is 6.20. The lowest BCUT2D eigenvalue weighted by Crippen LogP contribution is -2.44. The Kier molecular flexibility index (Phi) is 7.32. The Morgan fingerprint density at radius 1 is 1.21 bits per heavy atom. The molecular weight excluding hydrogens is 436 g/mol. The topological polar surface area (TPSA) is 84.3 Å². The standard InChI is InChI=1S/C25H34N4O3S/c1-16-11-17(2)13-28(12-16)20(30)14-29-15-27-24-21(25(29)32)18(3)22(33-24)23(31)26-10-9-19-7-5-4-6-8-19/h7,15-17H,4-6,8-14H2,1-3H3,(H,26,31). The highest BCUT2D eigenvalue weighted by Gasteiger charge is 2.26. The average Bonchev–Trinajstić information content (AvgIpc) is 3.13. The third kappa shape index (κ3) is 5.37. The zero-order chi connectivity index (χ0) is 23.5. The van der Waals surface area contributed by atoms with Gasteiger partial charge in [-0.05, 0) is 62.8 Å². The van der Waals surface area contributed by atoms with E-state index >= 15 is 0 Å². The predicted octanol–water partition coefficient (Wildman–Crippen LogP) is 3.89. The fraction of sp³-hybridized carbons (Fsp3) is 0.600. The van der Waals surface area contributed by atoms with Crippen molar-refractivity contribution in [2.24, 2.45) is 11.8 Å². The molecule has 2 unspecified atom stereocenters. The van der Waals surface area contributed by atoms with E-state index in [1.165, 1.54) is 40.6 Å². The maximum atomic E-state index is 13.2. The van der Waals surface area contributed by atoms with Crippen LogP contribution in [0, 0.1) is 18.8 Å². The third-order valence-corrected chi connectivity index (χ3v) is 7.97. The molecule has 0 spiro atoms. The summed E-state index contributed by atoms with van der Waals surface area (Å²) in [6.07, 6.45) is 10.5. The number of rotatable bonds is 6. The van der Waals surface area contributed by atoms with Crippen LogP contribution < -0.4 is 10.9 Å². The molecule has 0 aromatic carbocycles. The Morgan fingerprint density at radius 3 is 2.67 bits per heavy atom. The van der Waals surface area contributed by atoms with Crippen LogP contribution in [0.2, 0.25) is 0 Å². The number of likely N-dealkylation sites (tertiary alicyclic amines) is 1. The van der Waals surface area contributed by atoms with Gasteiger partial charge in [-0.15, -0.1) is 11.3 Å². The van der Waals surface area contributed by atoms with Gasteiger partial charge in [-0.1, -0.05) is 25.5 Å². The summed E-state index contributed by atoms with van der Waals surface area (Å²) in [6, 6.07) is 0. The Morgan fingerprint density at radius 2 is 1.97 bits per heavy atom. The highest BCUT2D eigenvalue weighted by atomic mass is 32.1. The van der Waals surface area contributed by atoms with Crippen LogP contribution in [0.5, 0.6) is 0 Å². The first kappa shape index (κ1) is 23.7. The second-order valence-electron chi connectivity index (χ2n) is 9.77. The highest BCUT2D eigenvalue weighted by molar-refractivity contribution is 7.20. The molecule has 178 valence electrons. The largest absolute Gasteiger partial charge is 0.351 e. The molecule has 0 radical (unpaired) electrons. The fourth-order valence-electron chi connectivity index (χ4n) is 5.15. The van der Waals surface area contributed by atoms with Gasteiger partial charge in [0.2, 0.25) is 5.91 Å². The molecule has 3 heterocycles. The number of piperidine rings is 1. The van der Waals surface area contributed by atoms with E-state index in [0.717, 1.165) is 38.8 Å². The monoisotopic (exact) mass is 470 g/mol. The minimum absolute atomic E-state index is 0.0207. The maximum absolute atomic E-state index is 13.2. The number of fused-ring (bicyclic) bond motifs is 1. The van der Waals surface area contributed by atoms with Crippen LogP contribution in [0.3, 0.4) is 0 Å². The zero-order valence-corrected chi connectivity index (χ0v) is 20.7. The molecule has 0 bridgehead atoms. The van der Waals surface area contributed by atoms with Crippen molar-refractivity contribution in [3.8, 4) is 0 Å². The van der Waals surface area contributed by atoms with Crippen molar-refractivity contribution in [3.05, 3.63) is 38.8 Å². The summed E-state index contributed by atoms with van der Waals surface area (Å²) in [6.45, 7) is 8.13. The van der Waals surface area contributed by atoms with Crippen molar-refractivity contribution in [2.75, 3.05) is 19.6 Å². The van der Waals surface area contributed by atoms with Gasteiger partial charge in [0.25, 0.3) is 11.5 Å². The minimum atomic E-state index is -0.258. The van der Waals surface area contributed by atoms with Gasteiger partial charge in [0, 0.05) is 19.6 Å². The Balaban J connectivity index is 1.47. The number of amides is 2. The second kappa shape index (κ2) is 10.2. The summed E-state index contributed by atoms with van der Waals surface area (Å²) < 4.78 is 1.38. The van der Waals surface area contributed by atoms with Crippen LogP contribution in [0.25, 0.3) is 10.2 Å². The summed E-state index contributed by atoms with van der Waals surface area (Å²) in [5.74, 6) is 0.707. The van der Waals surface area contributed by atoms with E-state index in [4.69, 9.17) is 0 Å². The van der Waals surface area contributed by atoms with E-state index in [-0.39, 0.29) is 23.9 Å². The number of carbonyl (C=O) groups is 2. The molecule has 2 aliphatic rings. The molecule has 2 amide bonds. The Hall–Kier alpha value is -2.48. The van der Waals surface area contributed by atoms with Crippen LogP contribution in [0.4, 0.5) is 0 Å². The number of aryl methyl sites for hydroxylation is 1. The summed E-state index contributed by atoms with van der Waals surface area (Å²) >= 11 is 1.24. The highest BCUT2D eigenvalue weighted by Crippen LogP contribution is 2.27. The zero-order valence-electron chi connectivity index (χ0n) is 19.9. The molecule has 1 aliphatic carbocycles. The first-order valence-electron chi connectivity index (χ1n) is 12.1. The average molecular weight is 471 g/mol. The van der Waals surface area contributed by atoms with Crippen molar-refractivity contribution >= 4 is 33.4 Å². The molecule has 1 aliphatic heterocycles. The smallest absolute Gasteiger partial charge is 0.262 e. The molecule has 1 saturated heterocycles. The molecule has 33 heavy (non-hydrogen) atoms. The number of hydrogen-bond donors (Lipinski definition) is 1. The van der Waals surface area contributed by atoms with Gasteiger partial charge < -0.3 is 10.2 Å². The van der Waals surface area contributed by atoms with E-state index in [0.29, 0.717) is 39.0 Å². The Bertz CT molecular complexity index is 1120. The molecule has 7 nitrogen and oxygen atoms in total. The van der Waals surface area contributed by atoms with Gasteiger partial charge >= 0.3 is 0 Å². The van der Waals surface area contributed by atoms with Crippen LogP contribution >= 0.6 is 11.3 Å². The normalized spacial score (nSPS) is 21.2. The van der Waals surface area contributed by atoms with Crippen LogP contribution in [-0.2, 0) is 11.3 Å². The van der Waals surface area contributed by atoms with E-state index in [2.05, 4.69) is 30.2 Å². The summed E-state index contributed by atoms with van der Waals surface area (Å²) in [5.41, 5.74) is 1.80. The first-order valence-corrected chi connectivity index (χ1v) is 12.9. The number of nitrogens with zero attached hydrogens (tertiary/aromatic N) is 3. The number of carbonyl (C=O) groups excluding carboxylic acids is 2. The maximum Gasteiger partial charge on any atom is 0.262 e. The quantitative estimate of drug-likeness (QED) is 0.649. The van der Waals surface area contributed by atoms with Crippen LogP contribution in [-0.4, -0.2) is 45.9 Å². The molecule has 0 saturated carbocycles. The number of allylic oxidation sites excluding steroid dienone is 1.